The van der Waals surface area contributed by atoms with Crippen molar-refractivity contribution in [2.75, 3.05) is 23.8 Å². The molecule has 0 bridgehead atoms. The lowest BCUT2D eigenvalue weighted by Crippen LogP contribution is -2.50. The van der Waals surface area contributed by atoms with Crippen molar-refractivity contribution in [1.82, 2.24) is 9.88 Å². The maximum absolute atomic E-state index is 12.1. The third kappa shape index (κ3) is 4.21. The Morgan fingerprint density at radius 2 is 2.30 bits per heavy atom. The first-order chi connectivity index (χ1) is 9.48. The molecule has 0 N–H and O–H groups in total. The Morgan fingerprint density at radius 3 is 2.95 bits per heavy atom. The fourth-order valence-corrected chi connectivity index (χ4v) is 4.56. The summed E-state index contributed by atoms with van der Waals surface area (Å²) in [6, 6.07) is 5.47. The van der Waals surface area contributed by atoms with Gasteiger partial charge in [0, 0.05) is 24.5 Å². The van der Waals surface area contributed by atoms with E-state index in [-0.39, 0.29) is 23.5 Å². The summed E-state index contributed by atoms with van der Waals surface area (Å²) in [5, 5.41) is 0. The maximum atomic E-state index is 12.1. The summed E-state index contributed by atoms with van der Waals surface area (Å²) in [5.41, 5.74) is 0.944. The molecule has 2 rings (SSSR count). The van der Waals surface area contributed by atoms with Crippen LogP contribution in [0.2, 0.25) is 0 Å². The van der Waals surface area contributed by atoms with Crippen LogP contribution in [0.5, 0.6) is 0 Å². The van der Waals surface area contributed by atoms with Crippen molar-refractivity contribution < 1.29 is 13.2 Å². The van der Waals surface area contributed by atoms with E-state index >= 15 is 0 Å². The third-order valence-corrected chi connectivity index (χ3v) is 5.94. The quantitative estimate of drug-likeness (QED) is 0.828. The molecule has 5 nitrogen and oxygen atoms in total. The van der Waals surface area contributed by atoms with Gasteiger partial charge in [-0.15, -0.1) is 11.8 Å². The van der Waals surface area contributed by atoms with E-state index < -0.39 is 9.84 Å². The number of carbonyl (C=O) groups excluding carboxylic acids is 1. The van der Waals surface area contributed by atoms with Gasteiger partial charge in [0.25, 0.3) is 0 Å². The van der Waals surface area contributed by atoms with Crippen LogP contribution in [-0.2, 0) is 20.4 Å². The summed E-state index contributed by atoms with van der Waals surface area (Å²) in [4.78, 5) is 18.0. The maximum Gasteiger partial charge on any atom is 0.232 e. The molecular weight excluding hydrogens is 296 g/mol. The first kappa shape index (κ1) is 15.3. The summed E-state index contributed by atoms with van der Waals surface area (Å²) in [5.74, 6) is 1.21. The van der Waals surface area contributed by atoms with Crippen LogP contribution < -0.4 is 0 Å². The lowest BCUT2D eigenvalue weighted by atomic mass is 10.3. The number of carbonyl (C=O) groups is 1. The number of pyridine rings is 1. The number of sulfone groups is 1. The largest absolute Gasteiger partial charge is 0.337 e. The van der Waals surface area contributed by atoms with Crippen LogP contribution in [0.25, 0.3) is 0 Å². The molecule has 7 heteroatoms. The molecule has 110 valence electrons. The molecule has 20 heavy (non-hydrogen) atoms. The number of hydrogen-bond donors (Lipinski definition) is 0. The van der Waals surface area contributed by atoms with Crippen LogP contribution in [-0.4, -0.2) is 54.1 Å². The van der Waals surface area contributed by atoms with Gasteiger partial charge in [0.1, 0.15) is 0 Å². The molecule has 1 saturated heterocycles. The number of thioether (sulfide) groups is 1. The highest BCUT2D eigenvalue weighted by Crippen LogP contribution is 2.15. The second-order valence-electron chi connectivity index (χ2n) is 4.86. The normalized spacial score (nSPS) is 21.6. The van der Waals surface area contributed by atoms with E-state index in [1.165, 1.54) is 11.8 Å². The van der Waals surface area contributed by atoms with E-state index in [1.807, 2.05) is 18.2 Å². The van der Waals surface area contributed by atoms with Gasteiger partial charge in [-0.05, 0) is 19.1 Å². The summed E-state index contributed by atoms with van der Waals surface area (Å²) < 4.78 is 23.0. The highest BCUT2D eigenvalue weighted by molar-refractivity contribution is 7.99. The predicted molar refractivity (Wildman–Crippen MR) is 80.2 cm³/mol. The van der Waals surface area contributed by atoms with Crippen molar-refractivity contribution in [3.05, 3.63) is 30.1 Å². The highest BCUT2D eigenvalue weighted by atomic mass is 32.2. The number of amides is 1. The minimum Gasteiger partial charge on any atom is -0.337 e. The average molecular weight is 314 g/mol. The van der Waals surface area contributed by atoms with Crippen LogP contribution in [0, 0.1) is 0 Å². The molecule has 0 aromatic carbocycles. The zero-order valence-corrected chi connectivity index (χ0v) is 13.0. The van der Waals surface area contributed by atoms with Crippen LogP contribution >= 0.6 is 11.8 Å². The van der Waals surface area contributed by atoms with Crippen molar-refractivity contribution in [3.8, 4) is 0 Å². The average Bonchev–Trinajstić information content (AvgIpc) is 2.38. The molecule has 1 aliphatic rings. The van der Waals surface area contributed by atoms with Crippen molar-refractivity contribution in [2.24, 2.45) is 0 Å². The van der Waals surface area contributed by atoms with Crippen LogP contribution in [0.3, 0.4) is 0 Å². The van der Waals surface area contributed by atoms with Gasteiger partial charge in [0.05, 0.1) is 23.0 Å². The summed E-state index contributed by atoms with van der Waals surface area (Å²) in [7, 11) is -2.97. The lowest BCUT2D eigenvalue weighted by molar-refractivity contribution is -0.129. The Balaban J connectivity index is 1.81. The van der Waals surface area contributed by atoms with Gasteiger partial charge in [-0.1, -0.05) is 6.07 Å². The minimum atomic E-state index is -2.97. The SMILES string of the molecule is CC1CS(=O)(=O)CCN1C(=O)CSCc1ccccn1. The molecule has 1 fully saturated rings. The van der Waals surface area contributed by atoms with Crippen LogP contribution in [0.4, 0.5) is 0 Å². The standard InChI is InChI=1S/C13H18N2O3S2/c1-11-10-20(17,18)7-6-15(11)13(16)9-19-8-12-4-2-3-5-14-12/h2-5,11H,6-10H2,1H3. The summed E-state index contributed by atoms with van der Waals surface area (Å²) >= 11 is 1.51. The fraction of sp³-hybridized carbons (Fsp3) is 0.538. The molecule has 1 aromatic rings. The third-order valence-electron chi connectivity index (χ3n) is 3.19. The van der Waals surface area contributed by atoms with Gasteiger partial charge in [0.2, 0.25) is 5.91 Å². The smallest absolute Gasteiger partial charge is 0.232 e. The number of nitrogens with zero attached hydrogens (tertiary/aromatic N) is 2. The fourth-order valence-electron chi connectivity index (χ4n) is 2.18. The van der Waals surface area contributed by atoms with Crippen LogP contribution in [0.15, 0.2) is 24.4 Å². The Bertz CT molecular complexity index is 560. The monoisotopic (exact) mass is 314 g/mol. The number of aromatic nitrogens is 1. The van der Waals surface area contributed by atoms with Crippen molar-refractivity contribution in [3.63, 3.8) is 0 Å². The van der Waals surface area contributed by atoms with E-state index in [2.05, 4.69) is 4.98 Å². The van der Waals surface area contributed by atoms with Gasteiger partial charge in [-0.3, -0.25) is 9.78 Å². The Morgan fingerprint density at radius 1 is 1.50 bits per heavy atom. The topological polar surface area (TPSA) is 67.3 Å². The van der Waals surface area contributed by atoms with E-state index in [0.717, 1.165) is 5.69 Å². The Hall–Kier alpha value is -1.08. The van der Waals surface area contributed by atoms with E-state index in [1.54, 1.807) is 18.0 Å². The minimum absolute atomic E-state index is 0.00771. The molecule has 1 amide bonds. The van der Waals surface area contributed by atoms with Gasteiger partial charge in [-0.25, -0.2) is 8.42 Å². The molecule has 1 unspecified atom stereocenters. The van der Waals surface area contributed by atoms with Gasteiger partial charge < -0.3 is 4.90 Å². The number of rotatable bonds is 4. The second kappa shape index (κ2) is 6.58. The van der Waals surface area contributed by atoms with Crippen molar-refractivity contribution >= 4 is 27.5 Å². The van der Waals surface area contributed by atoms with Crippen molar-refractivity contribution in [1.29, 1.82) is 0 Å². The molecule has 2 heterocycles. The Labute approximate surface area is 123 Å². The molecule has 1 aromatic heterocycles. The molecule has 0 saturated carbocycles. The zero-order chi connectivity index (χ0) is 14.6. The lowest BCUT2D eigenvalue weighted by Gasteiger charge is -2.33. The van der Waals surface area contributed by atoms with Crippen LogP contribution in [0.1, 0.15) is 12.6 Å². The van der Waals surface area contributed by atoms with Crippen molar-refractivity contribution in [2.45, 2.75) is 18.7 Å². The zero-order valence-electron chi connectivity index (χ0n) is 11.4. The van der Waals surface area contributed by atoms with E-state index in [9.17, 15) is 13.2 Å². The van der Waals surface area contributed by atoms with Gasteiger partial charge in [-0.2, -0.15) is 0 Å². The molecule has 1 atom stereocenters. The summed E-state index contributed by atoms with van der Waals surface area (Å²) in [6.07, 6.45) is 1.73. The molecule has 0 spiro atoms. The highest BCUT2D eigenvalue weighted by Gasteiger charge is 2.30. The van der Waals surface area contributed by atoms with E-state index in [0.29, 0.717) is 18.1 Å². The molecule has 0 aliphatic carbocycles. The first-order valence-electron chi connectivity index (χ1n) is 6.45. The first-order valence-corrected chi connectivity index (χ1v) is 9.43. The Kier molecular flexibility index (Phi) is 5.04. The van der Waals surface area contributed by atoms with Gasteiger partial charge in [0.15, 0.2) is 9.84 Å². The predicted octanol–water partition coefficient (Wildman–Crippen LogP) is 0.960. The molecule has 0 radical (unpaired) electrons. The van der Waals surface area contributed by atoms with E-state index in [4.69, 9.17) is 0 Å². The summed E-state index contributed by atoms with van der Waals surface area (Å²) in [6.45, 7) is 2.10. The second-order valence-corrected chi connectivity index (χ2v) is 8.08. The van der Waals surface area contributed by atoms with Gasteiger partial charge >= 0.3 is 0 Å². The molecule has 1 aliphatic heterocycles. The number of hydrogen-bond acceptors (Lipinski definition) is 5. The molecular formula is C13H18N2O3S2.